The Morgan fingerprint density at radius 3 is 2.50 bits per heavy atom. The molecule has 16 heavy (non-hydrogen) atoms. The summed E-state index contributed by atoms with van der Waals surface area (Å²) >= 11 is 0. The Morgan fingerprint density at radius 1 is 1.38 bits per heavy atom. The number of rotatable bonds is 7. The molecule has 0 aliphatic rings. The Morgan fingerprint density at radius 2 is 2.00 bits per heavy atom. The van der Waals surface area contributed by atoms with E-state index in [1.54, 1.807) is 0 Å². The highest BCUT2D eigenvalue weighted by atomic mass is 16.6. The normalized spacial score (nSPS) is 13.6. The molecule has 1 N–H and O–H groups in total. The van der Waals surface area contributed by atoms with Crippen molar-refractivity contribution in [1.82, 2.24) is 0 Å². The molecule has 0 bridgehead atoms. The second-order valence-electron chi connectivity index (χ2n) is 5.05. The quantitative estimate of drug-likeness (QED) is 0.536. The van der Waals surface area contributed by atoms with Crippen LogP contribution in [0.2, 0.25) is 0 Å². The van der Waals surface area contributed by atoms with Gasteiger partial charge < -0.3 is 14.6 Å². The second kappa shape index (κ2) is 7.63. The van der Waals surface area contributed by atoms with Crippen LogP contribution in [-0.4, -0.2) is 36.5 Å². The molecule has 0 saturated carbocycles. The maximum Gasteiger partial charge on any atom is 0.306 e. The molecule has 0 saturated heterocycles. The highest BCUT2D eigenvalue weighted by Gasteiger charge is 2.18. The summed E-state index contributed by atoms with van der Waals surface area (Å²) in [6, 6.07) is 0. The summed E-state index contributed by atoms with van der Waals surface area (Å²) in [6.07, 6.45) is 1.01. The van der Waals surface area contributed by atoms with Crippen molar-refractivity contribution in [2.24, 2.45) is 5.92 Å². The molecule has 0 rings (SSSR count). The standard InChI is InChI=1S/C12H24O4/c1-10(9-15-7-5-6-13)8-11(14)16-12(2,3)4/h10,13H,5-9H2,1-4H3. The van der Waals surface area contributed by atoms with E-state index in [1.807, 2.05) is 27.7 Å². The smallest absolute Gasteiger partial charge is 0.306 e. The van der Waals surface area contributed by atoms with Crippen LogP contribution < -0.4 is 0 Å². The Labute approximate surface area is 97.9 Å². The van der Waals surface area contributed by atoms with Gasteiger partial charge in [-0.05, 0) is 33.1 Å². The number of esters is 1. The van der Waals surface area contributed by atoms with Crippen molar-refractivity contribution < 1.29 is 19.4 Å². The summed E-state index contributed by atoms with van der Waals surface area (Å²) in [5.74, 6) is -0.0423. The van der Waals surface area contributed by atoms with E-state index in [9.17, 15) is 4.79 Å². The molecule has 0 aliphatic carbocycles. The largest absolute Gasteiger partial charge is 0.460 e. The van der Waals surface area contributed by atoms with Crippen LogP contribution in [0.15, 0.2) is 0 Å². The number of hydrogen-bond acceptors (Lipinski definition) is 4. The molecule has 0 radical (unpaired) electrons. The number of carbonyl (C=O) groups is 1. The summed E-state index contributed by atoms with van der Waals surface area (Å²) < 4.78 is 10.5. The minimum absolute atomic E-state index is 0.139. The number of aliphatic hydroxyl groups excluding tert-OH is 1. The van der Waals surface area contributed by atoms with E-state index < -0.39 is 5.60 Å². The van der Waals surface area contributed by atoms with Gasteiger partial charge in [0.05, 0.1) is 6.42 Å². The SMILES string of the molecule is CC(COCCCO)CC(=O)OC(C)(C)C. The molecule has 1 atom stereocenters. The maximum absolute atomic E-state index is 11.4. The van der Waals surface area contributed by atoms with Gasteiger partial charge in [-0.25, -0.2) is 0 Å². The number of aliphatic hydroxyl groups is 1. The lowest BCUT2D eigenvalue weighted by molar-refractivity contribution is -0.156. The first kappa shape index (κ1) is 15.4. The Kier molecular flexibility index (Phi) is 7.34. The van der Waals surface area contributed by atoms with E-state index in [0.29, 0.717) is 26.1 Å². The lowest BCUT2D eigenvalue weighted by Crippen LogP contribution is -2.25. The van der Waals surface area contributed by atoms with Crippen molar-refractivity contribution in [3.8, 4) is 0 Å². The Hall–Kier alpha value is -0.610. The summed E-state index contributed by atoms with van der Waals surface area (Å²) in [5, 5.41) is 8.55. The highest BCUT2D eigenvalue weighted by molar-refractivity contribution is 5.70. The third-order valence-electron chi connectivity index (χ3n) is 1.78. The first-order valence-corrected chi connectivity index (χ1v) is 5.75. The fourth-order valence-corrected chi connectivity index (χ4v) is 1.18. The molecule has 0 aromatic rings. The fourth-order valence-electron chi connectivity index (χ4n) is 1.18. The molecule has 1 unspecified atom stereocenters. The van der Waals surface area contributed by atoms with Gasteiger partial charge in [-0.1, -0.05) is 6.92 Å². The first-order valence-electron chi connectivity index (χ1n) is 5.75. The lowest BCUT2D eigenvalue weighted by atomic mass is 10.1. The lowest BCUT2D eigenvalue weighted by Gasteiger charge is -2.20. The molecule has 0 amide bonds. The molecule has 0 spiro atoms. The van der Waals surface area contributed by atoms with Gasteiger partial charge in [-0.3, -0.25) is 4.79 Å². The minimum atomic E-state index is -0.422. The summed E-state index contributed by atoms with van der Waals surface area (Å²) in [5.41, 5.74) is -0.422. The van der Waals surface area contributed by atoms with Crippen LogP contribution in [0, 0.1) is 5.92 Å². The van der Waals surface area contributed by atoms with Crippen LogP contribution in [0.4, 0.5) is 0 Å². The highest BCUT2D eigenvalue weighted by Crippen LogP contribution is 2.11. The van der Waals surface area contributed by atoms with Crippen molar-refractivity contribution in [1.29, 1.82) is 0 Å². The molecule has 0 aromatic carbocycles. The van der Waals surface area contributed by atoms with Gasteiger partial charge in [0.1, 0.15) is 5.60 Å². The molecular weight excluding hydrogens is 208 g/mol. The van der Waals surface area contributed by atoms with Crippen molar-refractivity contribution in [2.75, 3.05) is 19.8 Å². The second-order valence-corrected chi connectivity index (χ2v) is 5.05. The zero-order valence-electron chi connectivity index (χ0n) is 10.8. The van der Waals surface area contributed by atoms with Crippen LogP contribution in [-0.2, 0) is 14.3 Å². The van der Waals surface area contributed by atoms with Gasteiger partial charge in [0, 0.05) is 19.8 Å². The van der Waals surface area contributed by atoms with Crippen LogP contribution in [0.1, 0.15) is 40.5 Å². The van der Waals surface area contributed by atoms with Gasteiger partial charge >= 0.3 is 5.97 Å². The topological polar surface area (TPSA) is 55.8 Å². The van der Waals surface area contributed by atoms with Gasteiger partial charge in [-0.15, -0.1) is 0 Å². The van der Waals surface area contributed by atoms with E-state index in [-0.39, 0.29) is 18.5 Å². The molecule has 4 heteroatoms. The summed E-state index contributed by atoms with van der Waals surface area (Å²) in [7, 11) is 0. The predicted octanol–water partition coefficient (Wildman–Crippen LogP) is 1.75. The van der Waals surface area contributed by atoms with Gasteiger partial charge in [0.15, 0.2) is 0 Å². The van der Waals surface area contributed by atoms with Crippen LogP contribution in [0.3, 0.4) is 0 Å². The van der Waals surface area contributed by atoms with E-state index in [4.69, 9.17) is 14.6 Å². The summed E-state index contributed by atoms with van der Waals surface area (Å²) in [6.45, 7) is 8.71. The minimum Gasteiger partial charge on any atom is -0.460 e. The molecule has 0 heterocycles. The van der Waals surface area contributed by atoms with E-state index in [1.165, 1.54) is 0 Å². The molecule has 0 fully saturated rings. The average molecular weight is 232 g/mol. The van der Waals surface area contributed by atoms with E-state index >= 15 is 0 Å². The Balaban J connectivity index is 3.62. The van der Waals surface area contributed by atoms with Gasteiger partial charge in [0.25, 0.3) is 0 Å². The maximum atomic E-state index is 11.4. The van der Waals surface area contributed by atoms with Crippen molar-refractivity contribution >= 4 is 5.97 Å². The third-order valence-corrected chi connectivity index (χ3v) is 1.78. The molecule has 0 aromatic heterocycles. The van der Waals surface area contributed by atoms with Crippen molar-refractivity contribution in [3.05, 3.63) is 0 Å². The molecule has 0 aliphatic heterocycles. The van der Waals surface area contributed by atoms with Gasteiger partial charge in [-0.2, -0.15) is 0 Å². The predicted molar refractivity (Wildman–Crippen MR) is 62.1 cm³/mol. The van der Waals surface area contributed by atoms with Crippen LogP contribution in [0.25, 0.3) is 0 Å². The fraction of sp³-hybridized carbons (Fsp3) is 0.917. The zero-order valence-corrected chi connectivity index (χ0v) is 10.8. The average Bonchev–Trinajstić information content (AvgIpc) is 2.09. The van der Waals surface area contributed by atoms with E-state index in [2.05, 4.69) is 0 Å². The van der Waals surface area contributed by atoms with E-state index in [0.717, 1.165) is 0 Å². The molecule has 4 nitrogen and oxygen atoms in total. The number of hydrogen-bond donors (Lipinski definition) is 1. The zero-order chi connectivity index (χ0) is 12.6. The van der Waals surface area contributed by atoms with Gasteiger partial charge in [0.2, 0.25) is 0 Å². The molecular formula is C12H24O4. The summed E-state index contributed by atoms with van der Waals surface area (Å²) in [4.78, 5) is 11.4. The first-order chi connectivity index (χ1) is 7.35. The third kappa shape index (κ3) is 9.93. The number of ether oxygens (including phenoxy) is 2. The Bertz CT molecular complexity index is 196. The van der Waals surface area contributed by atoms with Crippen molar-refractivity contribution in [2.45, 2.75) is 46.1 Å². The number of carbonyl (C=O) groups excluding carboxylic acids is 1. The monoisotopic (exact) mass is 232 g/mol. The van der Waals surface area contributed by atoms with Crippen LogP contribution in [0.5, 0.6) is 0 Å². The van der Waals surface area contributed by atoms with Crippen molar-refractivity contribution in [3.63, 3.8) is 0 Å². The van der Waals surface area contributed by atoms with Crippen LogP contribution >= 0.6 is 0 Å². The molecule has 96 valence electrons.